The van der Waals surface area contributed by atoms with Crippen LogP contribution in [0.1, 0.15) is 53.4 Å². The SMILES string of the molecule is CC/C=C(CC)/C(CC)=C(\CC)CO. The van der Waals surface area contributed by atoms with Gasteiger partial charge in [-0.15, -0.1) is 0 Å². The molecular weight excluding hydrogens is 172 g/mol. The van der Waals surface area contributed by atoms with E-state index in [1.165, 1.54) is 16.7 Å². The Labute approximate surface area is 88.5 Å². The summed E-state index contributed by atoms with van der Waals surface area (Å²) < 4.78 is 0. The van der Waals surface area contributed by atoms with Crippen molar-refractivity contribution in [1.82, 2.24) is 0 Å². The van der Waals surface area contributed by atoms with Crippen LogP contribution in [0.25, 0.3) is 0 Å². The maximum absolute atomic E-state index is 9.26. The minimum Gasteiger partial charge on any atom is -0.392 e. The Bertz CT molecular complexity index is 205. The van der Waals surface area contributed by atoms with Crippen LogP contribution in [0, 0.1) is 0 Å². The number of hydrogen-bond acceptors (Lipinski definition) is 1. The summed E-state index contributed by atoms with van der Waals surface area (Å²) in [4.78, 5) is 0. The van der Waals surface area contributed by atoms with Gasteiger partial charge in [0.1, 0.15) is 0 Å². The van der Waals surface area contributed by atoms with Crippen LogP contribution in [0.15, 0.2) is 22.8 Å². The molecule has 1 heteroatoms. The van der Waals surface area contributed by atoms with Gasteiger partial charge in [-0.25, -0.2) is 0 Å². The second kappa shape index (κ2) is 7.81. The van der Waals surface area contributed by atoms with Gasteiger partial charge in [0, 0.05) is 0 Å². The highest BCUT2D eigenvalue weighted by molar-refractivity contribution is 5.35. The number of hydrogen-bond donors (Lipinski definition) is 1. The fourth-order valence-electron chi connectivity index (χ4n) is 1.85. The highest BCUT2D eigenvalue weighted by Gasteiger charge is 2.06. The van der Waals surface area contributed by atoms with Crippen LogP contribution in [0.4, 0.5) is 0 Å². The second-order valence-electron chi connectivity index (χ2n) is 3.44. The third kappa shape index (κ3) is 3.67. The Morgan fingerprint density at radius 2 is 1.64 bits per heavy atom. The molecular formula is C13H24O. The number of rotatable bonds is 6. The molecule has 0 saturated heterocycles. The van der Waals surface area contributed by atoms with Crippen molar-refractivity contribution in [3.63, 3.8) is 0 Å². The first kappa shape index (κ1) is 13.4. The molecule has 0 aliphatic carbocycles. The van der Waals surface area contributed by atoms with E-state index in [1.807, 2.05) is 0 Å². The topological polar surface area (TPSA) is 20.2 Å². The molecule has 82 valence electrons. The quantitative estimate of drug-likeness (QED) is 0.640. The van der Waals surface area contributed by atoms with Crippen LogP contribution in [0.5, 0.6) is 0 Å². The van der Waals surface area contributed by atoms with Crippen molar-refractivity contribution in [2.45, 2.75) is 53.4 Å². The summed E-state index contributed by atoms with van der Waals surface area (Å²) in [5, 5.41) is 9.26. The Morgan fingerprint density at radius 1 is 1.00 bits per heavy atom. The number of allylic oxidation sites excluding steroid dienone is 3. The van der Waals surface area contributed by atoms with Crippen molar-refractivity contribution in [3.8, 4) is 0 Å². The lowest BCUT2D eigenvalue weighted by Gasteiger charge is -2.13. The molecule has 0 aromatic carbocycles. The zero-order valence-corrected chi connectivity index (χ0v) is 10.1. The number of aliphatic hydroxyl groups is 1. The third-order valence-corrected chi connectivity index (χ3v) is 2.62. The van der Waals surface area contributed by atoms with E-state index in [2.05, 4.69) is 33.8 Å². The molecule has 0 saturated carbocycles. The lowest BCUT2D eigenvalue weighted by molar-refractivity contribution is 0.326. The molecule has 1 N–H and O–H groups in total. The van der Waals surface area contributed by atoms with Gasteiger partial charge in [-0.05, 0) is 42.4 Å². The monoisotopic (exact) mass is 196 g/mol. The molecule has 0 aliphatic rings. The average Bonchev–Trinajstić information content (AvgIpc) is 2.23. The minimum absolute atomic E-state index is 0.209. The fraction of sp³-hybridized carbons (Fsp3) is 0.692. The van der Waals surface area contributed by atoms with Crippen molar-refractivity contribution in [2.75, 3.05) is 6.61 Å². The molecule has 0 spiro atoms. The van der Waals surface area contributed by atoms with Crippen molar-refractivity contribution in [1.29, 1.82) is 0 Å². The summed E-state index contributed by atoms with van der Waals surface area (Å²) in [5.41, 5.74) is 3.99. The Morgan fingerprint density at radius 3 is 1.93 bits per heavy atom. The van der Waals surface area contributed by atoms with Crippen molar-refractivity contribution in [2.24, 2.45) is 0 Å². The molecule has 0 aromatic heterocycles. The maximum atomic E-state index is 9.26. The van der Waals surface area contributed by atoms with Crippen molar-refractivity contribution < 1.29 is 5.11 Å². The zero-order valence-electron chi connectivity index (χ0n) is 10.1. The summed E-state index contributed by atoms with van der Waals surface area (Å²) in [6.45, 7) is 8.83. The standard InChI is InChI=1S/C13H24O/c1-5-9-11(6-2)13(8-4)12(7-3)10-14/h9,14H,5-8,10H2,1-4H3/b11-9+,13-12+. The number of aliphatic hydroxyl groups excluding tert-OH is 1. The van der Waals surface area contributed by atoms with Gasteiger partial charge in [-0.1, -0.05) is 33.8 Å². The van der Waals surface area contributed by atoms with Crippen molar-refractivity contribution >= 4 is 0 Å². The first-order valence-electron chi connectivity index (χ1n) is 5.76. The zero-order chi connectivity index (χ0) is 11.0. The molecule has 1 nitrogen and oxygen atoms in total. The highest BCUT2D eigenvalue weighted by Crippen LogP contribution is 2.23. The molecule has 0 bridgehead atoms. The summed E-state index contributed by atoms with van der Waals surface area (Å²) in [6, 6.07) is 0. The predicted octanol–water partition coefficient (Wildman–Crippen LogP) is 3.84. The highest BCUT2D eigenvalue weighted by atomic mass is 16.3. The first-order valence-corrected chi connectivity index (χ1v) is 5.76. The van der Waals surface area contributed by atoms with E-state index in [4.69, 9.17) is 0 Å². The van der Waals surface area contributed by atoms with Crippen LogP contribution >= 0.6 is 0 Å². The van der Waals surface area contributed by atoms with Gasteiger partial charge in [0.05, 0.1) is 6.61 Å². The summed E-state index contributed by atoms with van der Waals surface area (Å²) in [5.74, 6) is 0. The lowest BCUT2D eigenvalue weighted by Crippen LogP contribution is -1.98. The van der Waals surface area contributed by atoms with E-state index < -0.39 is 0 Å². The van der Waals surface area contributed by atoms with Gasteiger partial charge in [-0.3, -0.25) is 0 Å². The summed E-state index contributed by atoms with van der Waals surface area (Å²) in [7, 11) is 0. The second-order valence-corrected chi connectivity index (χ2v) is 3.44. The molecule has 0 heterocycles. The average molecular weight is 196 g/mol. The Hall–Kier alpha value is -0.560. The molecule has 0 aromatic rings. The first-order chi connectivity index (χ1) is 6.74. The van der Waals surface area contributed by atoms with Gasteiger partial charge >= 0.3 is 0 Å². The Balaban J connectivity index is 5.00. The van der Waals surface area contributed by atoms with E-state index in [-0.39, 0.29) is 6.61 Å². The fourth-order valence-corrected chi connectivity index (χ4v) is 1.85. The summed E-state index contributed by atoms with van der Waals surface area (Å²) >= 11 is 0. The van der Waals surface area contributed by atoms with Crippen LogP contribution in [-0.4, -0.2) is 11.7 Å². The van der Waals surface area contributed by atoms with Crippen LogP contribution in [-0.2, 0) is 0 Å². The smallest absolute Gasteiger partial charge is 0.0647 e. The van der Waals surface area contributed by atoms with Gasteiger partial charge in [-0.2, -0.15) is 0 Å². The van der Waals surface area contributed by atoms with E-state index in [0.717, 1.165) is 25.7 Å². The predicted molar refractivity (Wildman–Crippen MR) is 63.4 cm³/mol. The molecule has 0 amide bonds. The van der Waals surface area contributed by atoms with Gasteiger partial charge in [0.25, 0.3) is 0 Å². The van der Waals surface area contributed by atoms with E-state index >= 15 is 0 Å². The van der Waals surface area contributed by atoms with E-state index in [9.17, 15) is 5.11 Å². The van der Waals surface area contributed by atoms with Gasteiger partial charge in [0.15, 0.2) is 0 Å². The lowest BCUT2D eigenvalue weighted by atomic mass is 9.94. The molecule has 0 aliphatic heterocycles. The van der Waals surface area contributed by atoms with Crippen molar-refractivity contribution in [3.05, 3.63) is 22.8 Å². The molecule has 0 rings (SSSR count). The van der Waals surface area contributed by atoms with Gasteiger partial charge in [0.2, 0.25) is 0 Å². The molecule has 0 radical (unpaired) electrons. The van der Waals surface area contributed by atoms with Crippen LogP contribution < -0.4 is 0 Å². The largest absolute Gasteiger partial charge is 0.392 e. The van der Waals surface area contributed by atoms with Crippen LogP contribution in [0.3, 0.4) is 0 Å². The molecule has 14 heavy (non-hydrogen) atoms. The maximum Gasteiger partial charge on any atom is 0.0647 e. The molecule has 0 unspecified atom stereocenters. The minimum atomic E-state index is 0.209. The van der Waals surface area contributed by atoms with Gasteiger partial charge < -0.3 is 5.11 Å². The van der Waals surface area contributed by atoms with Crippen LogP contribution in [0.2, 0.25) is 0 Å². The third-order valence-electron chi connectivity index (χ3n) is 2.62. The molecule has 0 fully saturated rings. The summed E-state index contributed by atoms with van der Waals surface area (Å²) in [6.07, 6.45) is 6.42. The van der Waals surface area contributed by atoms with E-state index in [0.29, 0.717) is 0 Å². The molecule has 0 atom stereocenters. The van der Waals surface area contributed by atoms with E-state index in [1.54, 1.807) is 0 Å². The normalized spacial score (nSPS) is 14.2. The Kier molecular flexibility index (Phi) is 7.50.